The third-order valence-electron chi connectivity index (χ3n) is 4.19. The Morgan fingerprint density at radius 1 is 1.04 bits per heavy atom. The fourth-order valence-corrected chi connectivity index (χ4v) is 2.72. The number of hydrogen-bond acceptors (Lipinski definition) is 2. The van der Waals surface area contributed by atoms with Crippen molar-refractivity contribution in [2.24, 2.45) is 0 Å². The molecule has 2 nitrogen and oxygen atoms in total. The minimum Gasteiger partial charge on any atom is -0.492 e. The predicted octanol–water partition coefficient (Wildman–Crippen LogP) is 4.81. The lowest BCUT2D eigenvalue weighted by atomic mass is 10.1. The van der Waals surface area contributed by atoms with Crippen LogP contribution in [-0.4, -0.2) is 30.0 Å². The molecule has 0 aliphatic heterocycles. The average molecular weight is 332 g/mol. The topological polar surface area (TPSA) is 12.5 Å². The van der Waals surface area contributed by atoms with E-state index >= 15 is 0 Å². The van der Waals surface area contributed by atoms with Crippen molar-refractivity contribution < 1.29 is 4.74 Å². The van der Waals surface area contributed by atoms with Gasteiger partial charge in [0.15, 0.2) is 0 Å². The molecule has 0 heterocycles. The third-order valence-corrected chi connectivity index (χ3v) is 4.36. The van der Waals surface area contributed by atoms with Crippen molar-refractivity contribution >= 4 is 11.6 Å². The molecule has 3 heteroatoms. The molecule has 0 N–H and O–H groups in total. The fraction of sp³-hybridized carbons (Fsp3) is 0.400. The first-order valence-corrected chi connectivity index (χ1v) is 8.67. The fourth-order valence-electron chi connectivity index (χ4n) is 2.51. The summed E-state index contributed by atoms with van der Waals surface area (Å²) in [4.78, 5) is 2.36. The molecule has 124 valence electrons. The van der Waals surface area contributed by atoms with Crippen molar-refractivity contribution in [3.63, 3.8) is 0 Å². The number of hydrogen-bond donors (Lipinski definition) is 0. The molecule has 0 aliphatic carbocycles. The van der Waals surface area contributed by atoms with Crippen LogP contribution < -0.4 is 4.74 Å². The Balaban J connectivity index is 1.94. The number of rotatable bonds is 8. The van der Waals surface area contributed by atoms with Crippen molar-refractivity contribution in [2.75, 3.05) is 19.0 Å². The SMILES string of the molecule is Cc1ccc(OCC(C)N(CCCl)Cc2ccccc2)cc1C. The summed E-state index contributed by atoms with van der Waals surface area (Å²) in [7, 11) is 0. The Hall–Kier alpha value is -1.51. The molecule has 0 saturated carbocycles. The molecule has 2 rings (SSSR count). The van der Waals surface area contributed by atoms with Crippen LogP contribution in [0, 0.1) is 13.8 Å². The highest BCUT2D eigenvalue weighted by Crippen LogP contribution is 2.17. The summed E-state index contributed by atoms with van der Waals surface area (Å²) in [6, 6.07) is 17.0. The molecule has 0 aliphatic rings. The van der Waals surface area contributed by atoms with Crippen molar-refractivity contribution in [3.05, 3.63) is 65.2 Å². The van der Waals surface area contributed by atoms with E-state index in [0.29, 0.717) is 18.5 Å². The van der Waals surface area contributed by atoms with E-state index in [1.54, 1.807) is 0 Å². The molecule has 0 radical (unpaired) electrons. The van der Waals surface area contributed by atoms with Gasteiger partial charge < -0.3 is 4.74 Å². The second kappa shape index (κ2) is 8.95. The van der Waals surface area contributed by atoms with Crippen LogP contribution in [0.25, 0.3) is 0 Å². The van der Waals surface area contributed by atoms with Crippen molar-refractivity contribution in [3.8, 4) is 5.75 Å². The number of ether oxygens (including phenoxy) is 1. The number of aryl methyl sites for hydroxylation is 2. The molecule has 0 fully saturated rings. The molecule has 2 aromatic rings. The number of nitrogens with zero attached hydrogens (tertiary/aromatic N) is 1. The predicted molar refractivity (Wildman–Crippen MR) is 98.4 cm³/mol. The van der Waals surface area contributed by atoms with Gasteiger partial charge in [0.25, 0.3) is 0 Å². The maximum Gasteiger partial charge on any atom is 0.119 e. The quantitative estimate of drug-likeness (QED) is 0.643. The smallest absolute Gasteiger partial charge is 0.119 e. The number of benzene rings is 2. The van der Waals surface area contributed by atoms with E-state index < -0.39 is 0 Å². The first-order chi connectivity index (χ1) is 11.1. The highest BCUT2D eigenvalue weighted by molar-refractivity contribution is 6.18. The Morgan fingerprint density at radius 2 is 1.78 bits per heavy atom. The van der Waals surface area contributed by atoms with Crippen LogP contribution >= 0.6 is 11.6 Å². The van der Waals surface area contributed by atoms with Gasteiger partial charge in [-0.3, -0.25) is 4.90 Å². The molecule has 0 bridgehead atoms. The summed E-state index contributed by atoms with van der Waals surface area (Å²) < 4.78 is 5.98. The summed E-state index contributed by atoms with van der Waals surface area (Å²) in [5.74, 6) is 1.56. The van der Waals surface area contributed by atoms with E-state index in [4.69, 9.17) is 16.3 Å². The lowest BCUT2D eigenvalue weighted by Crippen LogP contribution is -2.38. The maximum atomic E-state index is 5.98. The minimum absolute atomic E-state index is 0.301. The van der Waals surface area contributed by atoms with Gasteiger partial charge in [-0.2, -0.15) is 0 Å². The molecule has 0 amide bonds. The summed E-state index contributed by atoms with van der Waals surface area (Å²) in [6.07, 6.45) is 0. The van der Waals surface area contributed by atoms with E-state index in [2.05, 4.69) is 62.1 Å². The van der Waals surface area contributed by atoms with Crippen LogP contribution in [0.2, 0.25) is 0 Å². The summed E-state index contributed by atoms with van der Waals surface area (Å²) in [5, 5.41) is 0. The van der Waals surface area contributed by atoms with Crippen LogP contribution in [0.1, 0.15) is 23.6 Å². The zero-order valence-corrected chi connectivity index (χ0v) is 15.0. The molecular formula is C20H26ClNO. The molecule has 23 heavy (non-hydrogen) atoms. The molecule has 0 saturated heterocycles. The standard InChI is InChI=1S/C20H26ClNO/c1-16-9-10-20(13-17(16)2)23-15-18(3)22(12-11-21)14-19-7-5-4-6-8-19/h4-10,13,18H,11-12,14-15H2,1-3H3. The third kappa shape index (κ3) is 5.56. The first kappa shape index (κ1) is 17.8. The van der Waals surface area contributed by atoms with Gasteiger partial charge in [-0.25, -0.2) is 0 Å². The molecule has 1 atom stereocenters. The molecular weight excluding hydrogens is 306 g/mol. The van der Waals surface area contributed by atoms with Gasteiger partial charge in [0.05, 0.1) is 0 Å². The Labute approximate surface area is 145 Å². The zero-order chi connectivity index (χ0) is 16.7. The summed E-state index contributed by atoms with van der Waals surface area (Å²) in [6.45, 7) is 8.83. The van der Waals surface area contributed by atoms with Gasteiger partial charge in [-0.15, -0.1) is 11.6 Å². The first-order valence-electron chi connectivity index (χ1n) is 8.14. The second-order valence-corrected chi connectivity index (χ2v) is 6.43. The molecule has 0 aromatic heterocycles. The molecule has 0 spiro atoms. The van der Waals surface area contributed by atoms with Gasteiger partial charge in [-0.1, -0.05) is 36.4 Å². The normalized spacial score (nSPS) is 12.4. The largest absolute Gasteiger partial charge is 0.492 e. The van der Waals surface area contributed by atoms with Crippen molar-refractivity contribution in [1.29, 1.82) is 0 Å². The van der Waals surface area contributed by atoms with Crippen LogP contribution in [-0.2, 0) is 6.54 Å². The van der Waals surface area contributed by atoms with Gasteiger partial charge in [0.1, 0.15) is 12.4 Å². The Kier molecular flexibility index (Phi) is 6.94. The van der Waals surface area contributed by atoms with Crippen LogP contribution in [0.4, 0.5) is 0 Å². The molecule has 2 aromatic carbocycles. The van der Waals surface area contributed by atoms with Crippen molar-refractivity contribution in [1.82, 2.24) is 4.90 Å². The van der Waals surface area contributed by atoms with Gasteiger partial charge in [0, 0.05) is 25.0 Å². The summed E-state index contributed by atoms with van der Waals surface area (Å²) in [5.41, 5.74) is 3.85. The zero-order valence-electron chi connectivity index (χ0n) is 14.3. The van der Waals surface area contributed by atoms with Gasteiger partial charge in [-0.05, 0) is 49.6 Å². The van der Waals surface area contributed by atoms with E-state index in [1.807, 2.05) is 12.1 Å². The van der Waals surface area contributed by atoms with Gasteiger partial charge >= 0.3 is 0 Å². The van der Waals surface area contributed by atoms with Crippen LogP contribution in [0.3, 0.4) is 0 Å². The lowest BCUT2D eigenvalue weighted by molar-refractivity contribution is 0.146. The highest BCUT2D eigenvalue weighted by atomic mass is 35.5. The van der Waals surface area contributed by atoms with Crippen LogP contribution in [0.5, 0.6) is 5.75 Å². The number of halogens is 1. The van der Waals surface area contributed by atoms with Crippen LogP contribution in [0.15, 0.2) is 48.5 Å². The van der Waals surface area contributed by atoms with Crippen molar-refractivity contribution in [2.45, 2.75) is 33.4 Å². The molecule has 1 unspecified atom stereocenters. The second-order valence-electron chi connectivity index (χ2n) is 6.05. The van der Waals surface area contributed by atoms with E-state index in [0.717, 1.165) is 18.8 Å². The van der Waals surface area contributed by atoms with E-state index in [-0.39, 0.29) is 0 Å². The van der Waals surface area contributed by atoms with E-state index in [9.17, 15) is 0 Å². The van der Waals surface area contributed by atoms with E-state index in [1.165, 1.54) is 16.7 Å². The Morgan fingerprint density at radius 3 is 2.43 bits per heavy atom. The average Bonchev–Trinajstić information content (AvgIpc) is 2.56. The Bertz CT molecular complexity index is 600. The monoisotopic (exact) mass is 331 g/mol. The maximum absolute atomic E-state index is 5.98. The minimum atomic E-state index is 0.301. The lowest BCUT2D eigenvalue weighted by Gasteiger charge is -2.28. The number of alkyl halides is 1. The summed E-state index contributed by atoms with van der Waals surface area (Å²) >= 11 is 5.98. The highest BCUT2D eigenvalue weighted by Gasteiger charge is 2.14. The van der Waals surface area contributed by atoms with Gasteiger partial charge in [0.2, 0.25) is 0 Å².